The smallest absolute Gasteiger partial charge is 0.230 e. The maximum absolute atomic E-state index is 5.83. The first-order chi connectivity index (χ1) is 12.2. The molecule has 3 aromatic rings. The average molecular weight is 333 g/mol. The quantitative estimate of drug-likeness (QED) is 0.584. The summed E-state index contributed by atoms with van der Waals surface area (Å²) in [6, 6.07) is 14.8. The molecule has 0 saturated heterocycles. The predicted octanol–water partition coefficient (Wildman–Crippen LogP) is 4.28. The molecule has 4 N–H and O–H groups in total. The van der Waals surface area contributed by atoms with Gasteiger partial charge in [-0.15, -0.1) is 0 Å². The number of hydrogen-bond acceptors (Lipinski definition) is 6. The zero-order valence-electron chi connectivity index (χ0n) is 13.9. The van der Waals surface area contributed by atoms with Crippen molar-refractivity contribution in [3.05, 3.63) is 66.9 Å². The molecule has 126 valence electrons. The maximum Gasteiger partial charge on any atom is 0.230 e. The molecule has 6 nitrogen and oxygen atoms in total. The van der Waals surface area contributed by atoms with Crippen LogP contribution in [-0.2, 0) is 0 Å². The molecule has 0 unspecified atom stereocenters. The Bertz CT molecular complexity index is 894. The van der Waals surface area contributed by atoms with Crippen molar-refractivity contribution in [3.8, 4) is 11.6 Å². The van der Waals surface area contributed by atoms with Crippen LogP contribution in [0.15, 0.2) is 61.3 Å². The number of nitrogen functional groups attached to an aromatic ring is 1. The van der Waals surface area contributed by atoms with Crippen LogP contribution in [0.4, 0.5) is 23.0 Å². The SMILES string of the molecule is C=Cc1cc(Oc2ccnc(Nc3cccc(N)c3)n2)ccc1NC. The number of nitrogens with one attached hydrogen (secondary N) is 2. The largest absolute Gasteiger partial charge is 0.439 e. The molecule has 0 amide bonds. The van der Waals surface area contributed by atoms with E-state index in [0.29, 0.717) is 23.3 Å². The molecule has 25 heavy (non-hydrogen) atoms. The van der Waals surface area contributed by atoms with Gasteiger partial charge in [-0.3, -0.25) is 0 Å². The summed E-state index contributed by atoms with van der Waals surface area (Å²) < 4.78 is 5.83. The van der Waals surface area contributed by atoms with Crippen LogP contribution < -0.4 is 21.1 Å². The first-order valence-corrected chi connectivity index (χ1v) is 7.75. The summed E-state index contributed by atoms with van der Waals surface area (Å²) in [6.45, 7) is 3.81. The Morgan fingerprint density at radius 1 is 1.16 bits per heavy atom. The van der Waals surface area contributed by atoms with E-state index in [0.717, 1.165) is 16.9 Å². The minimum Gasteiger partial charge on any atom is -0.439 e. The number of nitrogens with two attached hydrogens (primary N) is 1. The molecule has 6 heteroatoms. The van der Waals surface area contributed by atoms with Gasteiger partial charge in [0.25, 0.3) is 0 Å². The average Bonchev–Trinajstić information content (AvgIpc) is 2.62. The monoisotopic (exact) mass is 333 g/mol. The lowest BCUT2D eigenvalue weighted by Crippen LogP contribution is -1.99. The number of benzene rings is 2. The van der Waals surface area contributed by atoms with Gasteiger partial charge in [-0.05, 0) is 36.4 Å². The highest BCUT2D eigenvalue weighted by Crippen LogP contribution is 2.26. The van der Waals surface area contributed by atoms with Gasteiger partial charge in [0, 0.05) is 41.9 Å². The van der Waals surface area contributed by atoms with Gasteiger partial charge in [0.05, 0.1) is 0 Å². The van der Waals surface area contributed by atoms with Crippen molar-refractivity contribution in [1.82, 2.24) is 9.97 Å². The van der Waals surface area contributed by atoms with E-state index in [1.807, 2.05) is 49.5 Å². The van der Waals surface area contributed by atoms with Crippen molar-refractivity contribution < 1.29 is 4.74 Å². The van der Waals surface area contributed by atoms with Crippen LogP contribution in [-0.4, -0.2) is 17.0 Å². The summed E-state index contributed by atoms with van der Waals surface area (Å²) >= 11 is 0. The Kier molecular flexibility index (Phi) is 4.80. The van der Waals surface area contributed by atoms with Gasteiger partial charge < -0.3 is 21.1 Å². The summed E-state index contributed by atoms with van der Waals surface area (Å²) in [6.07, 6.45) is 3.40. The number of nitrogens with zero attached hydrogens (tertiary/aromatic N) is 2. The van der Waals surface area contributed by atoms with Gasteiger partial charge in [0.1, 0.15) is 5.75 Å². The van der Waals surface area contributed by atoms with Crippen molar-refractivity contribution in [2.75, 3.05) is 23.4 Å². The maximum atomic E-state index is 5.83. The summed E-state index contributed by atoms with van der Waals surface area (Å²) in [5.74, 6) is 1.54. The Balaban J connectivity index is 1.79. The van der Waals surface area contributed by atoms with Crippen LogP contribution >= 0.6 is 0 Å². The van der Waals surface area contributed by atoms with Crippen LogP contribution in [0.1, 0.15) is 5.56 Å². The van der Waals surface area contributed by atoms with Crippen molar-refractivity contribution in [2.45, 2.75) is 0 Å². The molecule has 0 bridgehead atoms. The molecule has 0 aliphatic carbocycles. The van der Waals surface area contributed by atoms with E-state index >= 15 is 0 Å². The number of hydrogen-bond donors (Lipinski definition) is 3. The van der Waals surface area contributed by atoms with Crippen LogP contribution in [0.2, 0.25) is 0 Å². The second-order valence-corrected chi connectivity index (χ2v) is 5.27. The predicted molar refractivity (Wildman–Crippen MR) is 102 cm³/mol. The van der Waals surface area contributed by atoms with E-state index in [9.17, 15) is 0 Å². The third-order valence-electron chi connectivity index (χ3n) is 3.51. The lowest BCUT2D eigenvalue weighted by Gasteiger charge is -2.10. The molecular weight excluding hydrogens is 314 g/mol. The molecule has 0 spiro atoms. The van der Waals surface area contributed by atoms with Crippen LogP contribution in [0.5, 0.6) is 11.6 Å². The molecule has 0 fully saturated rings. The second-order valence-electron chi connectivity index (χ2n) is 5.27. The number of anilines is 4. The van der Waals surface area contributed by atoms with Crippen molar-refractivity contribution >= 4 is 29.1 Å². The standard InChI is InChI=1S/C19H19N5O/c1-3-13-11-16(7-8-17(13)21-2)25-18-9-10-22-19(24-18)23-15-6-4-5-14(20)12-15/h3-12,21H,1,20H2,2H3,(H,22,23,24). The van der Waals surface area contributed by atoms with Crippen LogP contribution in [0.25, 0.3) is 6.08 Å². The summed E-state index contributed by atoms with van der Waals surface area (Å²) in [4.78, 5) is 8.56. The summed E-state index contributed by atoms with van der Waals surface area (Å²) in [5.41, 5.74) is 9.18. The Labute approximate surface area is 146 Å². The highest BCUT2D eigenvalue weighted by atomic mass is 16.5. The van der Waals surface area contributed by atoms with Gasteiger partial charge in [0.2, 0.25) is 11.8 Å². The summed E-state index contributed by atoms with van der Waals surface area (Å²) in [7, 11) is 1.86. The van der Waals surface area contributed by atoms with Gasteiger partial charge >= 0.3 is 0 Å². The van der Waals surface area contributed by atoms with E-state index in [4.69, 9.17) is 10.5 Å². The molecular formula is C19H19N5O. The van der Waals surface area contributed by atoms with E-state index in [1.165, 1.54) is 0 Å². The Hall–Kier alpha value is -3.54. The third kappa shape index (κ3) is 4.06. The van der Waals surface area contributed by atoms with Crippen molar-refractivity contribution in [3.63, 3.8) is 0 Å². The molecule has 0 aliphatic rings. The third-order valence-corrected chi connectivity index (χ3v) is 3.51. The fourth-order valence-electron chi connectivity index (χ4n) is 2.33. The topological polar surface area (TPSA) is 85.1 Å². The highest BCUT2D eigenvalue weighted by molar-refractivity contribution is 5.67. The molecule has 1 heterocycles. The summed E-state index contributed by atoms with van der Waals surface area (Å²) in [5, 5.41) is 6.21. The Morgan fingerprint density at radius 2 is 2.04 bits per heavy atom. The molecule has 0 saturated carbocycles. The van der Waals surface area contributed by atoms with E-state index in [-0.39, 0.29) is 0 Å². The first kappa shape index (κ1) is 16.3. The Morgan fingerprint density at radius 3 is 2.80 bits per heavy atom. The van der Waals surface area contributed by atoms with Gasteiger partial charge in [0.15, 0.2) is 0 Å². The number of ether oxygens (including phenoxy) is 1. The van der Waals surface area contributed by atoms with E-state index in [1.54, 1.807) is 18.3 Å². The van der Waals surface area contributed by atoms with E-state index in [2.05, 4.69) is 27.2 Å². The molecule has 0 atom stereocenters. The number of aromatic nitrogens is 2. The van der Waals surface area contributed by atoms with E-state index < -0.39 is 0 Å². The zero-order valence-corrected chi connectivity index (χ0v) is 13.9. The molecule has 0 aliphatic heterocycles. The second kappa shape index (κ2) is 7.35. The van der Waals surface area contributed by atoms with Crippen LogP contribution in [0.3, 0.4) is 0 Å². The fraction of sp³-hybridized carbons (Fsp3) is 0.0526. The van der Waals surface area contributed by atoms with Crippen molar-refractivity contribution in [1.29, 1.82) is 0 Å². The lowest BCUT2D eigenvalue weighted by atomic mass is 10.1. The zero-order chi connectivity index (χ0) is 17.6. The van der Waals surface area contributed by atoms with Gasteiger partial charge in [-0.25, -0.2) is 4.98 Å². The van der Waals surface area contributed by atoms with Gasteiger partial charge in [-0.2, -0.15) is 4.98 Å². The lowest BCUT2D eigenvalue weighted by molar-refractivity contribution is 0.462. The number of rotatable bonds is 6. The van der Waals surface area contributed by atoms with Crippen LogP contribution in [0, 0.1) is 0 Å². The molecule has 0 radical (unpaired) electrons. The molecule has 2 aromatic carbocycles. The first-order valence-electron chi connectivity index (χ1n) is 7.75. The molecule has 3 rings (SSSR count). The van der Waals surface area contributed by atoms with Crippen molar-refractivity contribution in [2.24, 2.45) is 0 Å². The minimum absolute atomic E-state index is 0.430. The normalized spacial score (nSPS) is 10.1. The molecule has 1 aromatic heterocycles. The fourth-order valence-corrected chi connectivity index (χ4v) is 2.33. The van der Waals surface area contributed by atoms with Gasteiger partial charge in [-0.1, -0.05) is 18.7 Å². The minimum atomic E-state index is 0.430. The highest BCUT2D eigenvalue weighted by Gasteiger charge is 2.05.